The number of aromatic nitrogens is 4. The van der Waals surface area contributed by atoms with Gasteiger partial charge in [-0.3, -0.25) is 9.36 Å². The monoisotopic (exact) mass is 407 g/mol. The lowest BCUT2D eigenvalue weighted by Crippen LogP contribution is -2.43. The molecule has 8 heteroatoms. The molecule has 1 amide bonds. The zero-order valence-corrected chi connectivity index (χ0v) is 16.6. The standard InChI is InChI=1S/C21H21N5O2S/c27-18(13-29-15-6-2-1-3-7-15)25-10-4-5-14(12-25)26-19-16-8-9-22-20(16)23-11-17(19)24-21(26)28/h1-3,6-9,11,14H,4-5,10,12-13H2,(H,22,23)(H,24,28)/t14-/m1/s1. The second-order valence-electron chi connectivity index (χ2n) is 7.30. The van der Waals surface area contributed by atoms with Crippen molar-refractivity contribution in [1.82, 2.24) is 24.4 Å². The third kappa shape index (κ3) is 3.33. The second kappa shape index (κ2) is 7.44. The number of aromatic amines is 2. The van der Waals surface area contributed by atoms with E-state index in [0.717, 1.165) is 46.3 Å². The smallest absolute Gasteiger partial charge is 0.326 e. The Balaban J connectivity index is 1.40. The highest BCUT2D eigenvalue weighted by atomic mass is 32.2. The van der Waals surface area contributed by atoms with Crippen LogP contribution in [0.3, 0.4) is 0 Å². The molecule has 29 heavy (non-hydrogen) atoms. The van der Waals surface area contributed by atoms with Crippen LogP contribution in [-0.4, -0.2) is 49.2 Å². The number of imidazole rings is 1. The molecule has 0 bridgehead atoms. The van der Waals surface area contributed by atoms with E-state index in [0.29, 0.717) is 12.3 Å². The predicted molar refractivity (Wildman–Crippen MR) is 114 cm³/mol. The van der Waals surface area contributed by atoms with Gasteiger partial charge in [-0.05, 0) is 31.0 Å². The maximum Gasteiger partial charge on any atom is 0.326 e. The molecule has 1 aromatic carbocycles. The van der Waals surface area contributed by atoms with Gasteiger partial charge in [0, 0.05) is 29.6 Å². The largest absolute Gasteiger partial charge is 0.346 e. The molecular formula is C21H21N5O2S. The van der Waals surface area contributed by atoms with Crippen LogP contribution >= 0.6 is 11.8 Å². The number of nitrogens with one attached hydrogen (secondary N) is 2. The lowest BCUT2D eigenvalue weighted by atomic mass is 10.1. The van der Waals surface area contributed by atoms with Crippen molar-refractivity contribution >= 4 is 39.7 Å². The van der Waals surface area contributed by atoms with E-state index >= 15 is 0 Å². The first-order valence-electron chi connectivity index (χ1n) is 9.72. The Hall–Kier alpha value is -3.00. The molecule has 3 aromatic heterocycles. The second-order valence-corrected chi connectivity index (χ2v) is 8.35. The highest BCUT2D eigenvalue weighted by Gasteiger charge is 2.27. The normalized spacial score (nSPS) is 17.2. The number of H-pyrrole nitrogens is 2. The molecule has 0 radical (unpaired) electrons. The number of pyridine rings is 1. The Morgan fingerprint density at radius 1 is 1.24 bits per heavy atom. The number of fused-ring (bicyclic) bond motifs is 3. The first-order valence-corrected chi connectivity index (χ1v) is 10.7. The summed E-state index contributed by atoms with van der Waals surface area (Å²) >= 11 is 1.55. The van der Waals surface area contributed by atoms with Crippen molar-refractivity contribution < 1.29 is 4.79 Å². The number of carbonyl (C=O) groups excluding carboxylic acids is 1. The van der Waals surface area contributed by atoms with Crippen molar-refractivity contribution in [1.29, 1.82) is 0 Å². The number of rotatable bonds is 4. The molecular weight excluding hydrogens is 386 g/mol. The van der Waals surface area contributed by atoms with E-state index in [-0.39, 0.29) is 17.6 Å². The van der Waals surface area contributed by atoms with Crippen molar-refractivity contribution in [2.75, 3.05) is 18.8 Å². The van der Waals surface area contributed by atoms with Gasteiger partial charge in [0.1, 0.15) is 5.65 Å². The van der Waals surface area contributed by atoms with Gasteiger partial charge in [-0.15, -0.1) is 11.8 Å². The number of hydrogen-bond donors (Lipinski definition) is 2. The van der Waals surface area contributed by atoms with E-state index in [9.17, 15) is 9.59 Å². The number of piperidine rings is 1. The molecule has 1 aliphatic rings. The molecule has 0 saturated carbocycles. The van der Waals surface area contributed by atoms with Crippen LogP contribution in [0.4, 0.5) is 0 Å². The van der Waals surface area contributed by atoms with Crippen LogP contribution in [0.15, 0.2) is 58.5 Å². The van der Waals surface area contributed by atoms with Crippen molar-refractivity contribution in [3.05, 3.63) is 59.3 Å². The minimum absolute atomic E-state index is 0.0452. The molecule has 5 rings (SSSR count). The van der Waals surface area contributed by atoms with E-state index in [4.69, 9.17) is 0 Å². The minimum atomic E-state index is -0.145. The molecule has 0 spiro atoms. The highest BCUT2D eigenvalue weighted by Crippen LogP contribution is 2.28. The van der Waals surface area contributed by atoms with Gasteiger partial charge in [0.25, 0.3) is 0 Å². The van der Waals surface area contributed by atoms with Crippen LogP contribution in [0.25, 0.3) is 22.1 Å². The topological polar surface area (TPSA) is 86.8 Å². The van der Waals surface area contributed by atoms with Gasteiger partial charge in [-0.2, -0.15) is 0 Å². The van der Waals surface area contributed by atoms with Crippen LogP contribution in [-0.2, 0) is 4.79 Å². The van der Waals surface area contributed by atoms with Gasteiger partial charge in [-0.1, -0.05) is 18.2 Å². The van der Waals surface area contributed by atoms with Crippen molar-refractivity contribution in [2.24, 2.45) is 0 Å². The number of thioether (sulfide) groups is 1. The van der Waals surface area contributed by atoms with Crippen LogP contribution < -0.4 is 5.69 Å². The Morgan fingerprint density at radius 3 is 2.97 bits per heavy atom. The molecule has 148 valence electrons. The Morgan fingerprint density at radius 2 is 2.10 bits per heavy atom. The maximum atomic E-state index is 12.8. The molecule has 1 fully saturated rings. The van der Waals surface area contributed by atoms with Crippen LogP contribution in [0.1, 0.15) is 18.9 Å². The summed E-state index contributed by atoms with van der Waals surface area (Å²) in [4.78, 5) is 38.9. The molecule has 4 aromatic rings. The van der Waals surface area contributed by atoms with E-state index in [2.05, 4.69) is 15.0 Å². The molecule has 0 unspecified atom stereocenters. The van der Waals surface area contributed by atoms with Gasteiger partial charge in [0.15, 0.2) is 0 Å². The number of benzene rings is 1. The van der Waals surface area contributed by atoms with Gasteiger partial charge < -0.3 is 14.9 Å². The summed E-state index contributed by atoms with van der Waals surface area (Å²) in [7, 11) is 0. The maximum absolute atomic E-state index is 12.8. The minimum Gasteiger partial charge on any atom is -0.346 e. The fourth-order valence-corrected chi connectivity index (χ4v) is 4.94. The zero-order valence-electron chi connectivity index (χ0n) is 15.8. The summed E-state index contributed by atoms with van der Waals surface area (Å²) in [6, 6.07) is 11.8. The number of amides is 1. The lowest BCUT2D eigenvalue weighted by molar-refractivity contribution is -0.129. The van der Waals surface area contributed by atoms with E-state index < -0.39 is 0 Å². The molecule has 2 N–H and O–H groups in total. The Bertz CT molecular complexity index is 1230. The summed E-state index contributed by atoms with van der Waals surface area (Å²) in [5, 5.41) is 0.920. The lowest BCUT2D eigenvalue weighted by Gasteiger charge is -2.33. The predicted octanol–water partition coefficient (Wildman–Crippen LogP) is 3.16. The zero-order chi connectivity index (χ0) is 19.8. The molecule has 7 nitrogen and oxygen atoms in total. The van der Waals surface area contributed by atoms with Crippen molar-refractivity contribution in [3.8, 4) is 0 Å². The Kier molecular flexibility index (Phi) is 4.63. The molecule has 0 aliphatic carbocycles. The van der Waals surface area contributed by atoms with Crippen LogP contribution in [0.5, 0.6) is 0 Å². The van der Waals surface area contributed by atoms with Gasteiger partial charge in [-0.25, -0.2) is 9.78 Å². The summed E-state index contributed by atoms with van der Waals surface area (Å²) in [5.74, 6) is 0.524. The molecule has 4 heterocycles. The van der Waals surface area contributed by atoms with Gasteiger partial charge in [0.2, 0.25) is 5.91 Å². The third-order valence-electron chi connectivity index (χ3n) is 5.48. The van der Waals surface area contributed by atoms with Crippen molar-refractivity contribution in [2.45, 2.75) is 23.8 Å². The molecule has 1 saturated heterocycles. The number of hydrogen-bond acceptors (Lipinski definition) is 4. The summed E-state index contributed by atoms with van der Waals surface area (Å²) in [6.45, 7) is 1.29. The average molecular weight is 407 g/mol. The average Bonchev–Trinajstić information content (AvgIpc) is 3.36. The molecule has 1 aliphatic heterocycles. The fourth-order valence-electron chi connectivity index (χ4n) is 4.12. The molecule has 1 atom stereocenters. The van der Waals surface area contributed by atoms with Gasteiger partial charge in [0.05, 0.1) is 29.0 Å². The summed E-state index contributed by atoms with van der Waals surface area (Å²) in [5.41, 5.74) is 2.20. The van der Waals surface area contributed by atoms with Crippen molar-refractivity contribution in [3.63, 3.8) is 0 Å². The van der Waals surface area contributed by atoms with E-state index in [1.54, 1.807) is 18.0 Å². The first kappa shape index (κ1) is 18.1. The fraction of sp³-hybridized carbons (Fsp3) is 0.286. The van der Waals surface area contributed by atoms with Crippen LogP contribution in [0.2, 0.25) is 0 Å². The van der Waals surface area contributed by atoms with Gasteiger partial charge >= 0.3 is 5.69 Å². The first-order chi connectivity index (χ1) is 14.2. The van der Waals surface area contributed by atoms with E-state index in [1.807, 2.05) is 52.1 Å². The van der Waals surface area contributed by atoms with E-state index in [1.165, 1.54) is 0 Å². The highest BCUT2D eigenvalue weighted by molar-refractivity contribution is 8.00. The summed E-state index contributed by atoms with van der Waals surface area (Å²) in [6.07, 6.45) is 5.27. The summed E-state index contributed by atoms with van der Waals surface area (Å²) < 4.78 is 1.82. The Labute approximate surface area is 171 Å². The van der Waals surface area contributed by atoms with Crippen LogP contribution in [0, 0.1) is 0 Å². The third-order valence-corrected chi connectivity index (χ3v) is 6.48. The number of carbonyl (C=O) groups is 1. The number of likely N-dealkylation sites (tertiary alicyclic amines) is 1. The quantitative estimate of drug-likeness (QED) is 0.509. The number of nitrogens with zero attached hydrogens (tertiary/aromatic N) is 3. The SMILES string of the molecule is O=C(CSc1ccccc1)N1CCC[C@@H](n2c(=O)[nH]c3cnc4[nH]ccc4c32)C1.